The maximum Gasteiger partial charge on any atom is 0.394 e. The van der Waals surface area contributed by atoms with E-state index in [1.165, 1.54) is 29.2 Å². The van der Waals surface area contributed by atoms with E-state index in [4.69, 9.17) is 0 Å². The van der Waals surface area contributed by atoms with Crippen LogP contribution in [0.15, 0.2) is 72.8 Å². The molecule has 0 heterocycles. The van der Waals surface area contributed by atoms with Crippen LogP contribution in [0.4, 0.5) is 13.2 Å². The second-order valence-corrected chi connectivity index (χ2v) is 18.2. The van der Waals surface area contributed by atoms with Crippen LogP contribution in [-0.2, 0) is 35.5 Å². The van der Waals surface area contributed by atoms with Crippen LogP contribution in [0.2, 0.25) is 0 Å². The predicted molar refractivity (Wildman–Crippen MR) is 196 cm³/mol. The molecule has 0 aromatic heterocycles. The zero-order chi connectivity index (χ0) is 35.5. The molecule has 0 saturated carbocycles. The number of alkyl halides is 3. The van der Waals surface area contributed by atoms with Crippen molar-refractivity contribution in [2.75, 3.05) is 0 Å². The Bertz CT molecular complexity index is 1450. The highest BCUT2D eigenvalue weighted by Crippen LogP contribution is 2.48. The SMILES string of the molecule is CC(C)Cc1ccccc1C(C)(C)CCC(C)(C)Cc1ccccc1C(C)(C)CCC(C)(Cc1ccccc1C(C)(C)C)C(F)(F)F. The maximum absolute atomic E-state index is 14.9. The van der Waals surface area contributed by atoms with Crippen molar-refractivity contribution in [3.63, 3.8) is 0 Å². The van der Waals surface area contributed by atoms with E-state index in [1.807, 2.05) is 30.3 Å². The minimum absolute atomic E-state index is 0.00914. The molecule has 3 rings (SSSR count). The van der Waals surface area contributed by atoms with Crippen molar-refractivity contribution in [3.8, 4) is 0 Å². The van der Waals surface area contributed by atoms with Crippen molar-refractivity contribution >= 4 is 0 Å². The highest BCUT2D eigenvalue weighted by molar-refractivity contribution is 5.36. The third-order valence-electron chi connectivity index (χ3n) is 10.6. The first kappa shape index (κ1) is 38.9. The highest BCUT2D eigenvalue weighted by atomic mass is 19.4. The summed E-state index contributed by atoms with van der Waals surface area (Å²) >= 11 is 0. The smallest absolute Gasteiger partial charge is 0.171 e. The van der Waals surface area contributed by atoms with Crippen LogP contribution in [-0.4, -0.2) is 6.18 Å². The Balaban J connectivity index is 1.81. The Hall–Kier alpha value is -2.55. The summed E-state index contributed by atoms with van der Waals surface area (Å²) in [6.07, 6.45) is 0.320. The van der Waals surface area contributed by atoms with Crippen LogP contribution >= 0.6 is 0 Å². The summed E-state index contributed by atoms with van der Waals surface area (Å²) in [7, 11) is 0. The quantitative estimate of drug-likeness (QED) is 0.163. The van der Waals surface area contributed by atoms with Crippen LogP contribution in [0.25, 0.3) is 0 Å². The largest absolute Gasteiger partial charge is 0.394 e. The van der Waals surface area contributed by atoms with E-state index >= 15 is 0 Å². The molecule has 0 N–H and O–H groups in total. The van der Waals surface area contributed by atoms with Gasteiger partial charge in [0.05, 0.1) is 5.41 Å². The van der Waals surface area contributed by atoms with Crippen molar-refractivity contribution in [1.82, 2.24) is 0 Å². The van der Waals surface area contributed by atoms with Gasteiger partial charge in [-0.15, -0.1) is 0 Å². The van der Waals surface area contributed by atoms with Crippen molar-refractivity contribution < 1.29 is 13.2 Å². The lowest BCUT2D eigenvalue weighted by molar-refractivity contribution is -0.221. The average molecular weight is 649 g/mol. The average Bonchev–Trinajstić information content (AvgIpc) is 2.94. The van der Waals surface area contributed by atoms with Gasteiger partial charge >= 0.3 is 6.18 Å². The molecule has 3 aromatic carbocycles. The van der Waals surface area contributed by atoms with Crippen molar-refractivity contribution in [2.45, 2.75) is 150 Å². The van der Waals surface area contributed by atoms with E-state index < -0.39 is 17.0 Å². The summed E-state index contributed by atoms with van der Waals surface area (Å²) in [6.45, 7) is 25.9. The van der Waals surface area contributed by atoms with Gasteiger partial charge in [0.1, 0.15) is 0 Å². The summed E-state index contributed by atoms with van der Waals surface area (Å²) in [6, 6.07) is 25.1. The molecule has 0 radical (unpaired) electrons. The molecule has 0 amide bonds. The van der Waals surface area contributed by atoms with Crippen LogP contribution in [0.3, 0.4) is 0 Å². The molecular weight excluding hydrogens is 585 g/mol. The van der Waals surface area contributed by atoms with Crippen LogP contribution in [0, 0.1) is 16.7 Å². The molecule has 0 bridgehead atoms. The monoisotopic (exact) mass is 648 g/mol. The lowest BCUT2D eigenvalue weighted by atomic mass is 9.68. The number of rotatable bonds is 14. The van der Waals surface area contributed by atoms with Crippen molar-refractivity contribution in [1.29, 1.82) is 0 Å². The Morgan fingerprint density at radius 1 is 0.489 bits per heavy atom. The lowest BCUT2D eigenvalue weighted by Crippen LogP contribution is -2.39. The van der Waals surface area contributed by atoms with E-state index in [2.05, 4.69) is 119 Å². The standard InChI is InChI=1S/C44H63F3/c1-32(2)29-33-19-13-17-23-37(33)41(8,9)26-25-40(6,7)30-34-20-15-18-24-38(34)42(10,11)27-28-43(12,44(45,46)47)31-35-21-14-16-22-36(35)39(3,4)5/h13-24,32H,25-31H2,1-12H3. The van der Waals surface area contributed by atoms with E-state index in [0.717, 1.165) is 36.8 Å². The first-order valence-electron chi connectivity index (χ1n) is 17.8. The fraction of sp³-hybridized carbons (Fsp3) is 0.591. The van der Waals surface area contributed by atoms with Gasteiger partial charge in [-0.2, -0.15) is 13.2 Å². The molecule has 0 spiro atoms. The second-order valence-electron chi connectivity index (χ2n) is 18.2. The maximum atomic E-state index is 14.9. The van der Waals surface area contributed by atoms with Gasteiger partial charge in [0.2, 0.25) is 0 Å². The minimum atomic E-state index is -4.31. The van der Waals surface area contributed by atoms with Gasteiger partial charge in [0.15, 0.2) is 0 Å². The van der Waals surface area contributed by atoms with E-state index in [0.29, 0.717) is 12.3 Å². The van der Waals surface area contributed by atoms with Crippen LogP contribution in [0.5, 0.6) is 0 Å². The normalized spacial score (nSPS) is 14.8. The Kier molecular flexibility index (Phi) is 12.0. The third kappa shape index (κ3) is 10.2. The van der Waals surface area contributed by atoms with Gasteiger partial charge in [-0.05, 0) is 106 Å². The van der Waals surface area contributed by atoms with Crippen molar-refractivity contribution in [3.05, 3.63) is 106 Å². The molecule has 0 fully saturated rings. The van der Waals surface area contributed by atoms with Gasteiger partial charge in [-0.1, -0.05) is 156 Å². The molecule has 1 atom stereocenters. The van der Waals surface area contributed by atoms with E-state index in [9.17, 15) is 13.2 Å². The van der Waals surface area contributed by atoms with Crippen LogP contribution < -0.4 is 0 Å². The molecule has 3 heteroatoms. The van der Waals surface area contributed by atoms with Gasteiger partial charge in [-0.25, -0.2) is 0 Å². The Morgan fingerprint density at radius 2 is 0.894 bits per heavy atom. The van der Waals surface area contributed by atoms with Gasteiger partial charge in [0.25, 0.3) is 0 Å². The van der Waals surface area contributed by atoms with Gasteiger partial charge < -0.3 is 0 Å². The van der Waals surface area contributed by atoms with Gasteiger partial charge in [-0.3, -0.25) is 0 Å². The van der Waals surface area contributed by atoms with Crippen molar-refractivity contribution in [2.24, 2.45) is 16.7 Å². The summed E-state index contributed by atoms with van der Waals surface area (Å²) in [5, 5.41) is 0. The minimum Gasteiger partial charge on any atom is -0.171 e. The predicted octanol–water partition coefficient (Wildman–Crippen LogP) is 13.4. The van der Waals surface area contributed by atoms with Crippen LogP contribution in [0.1, 0.15) is 142 Å². The second kappa shape index (κ2) is 14.5. The number of halogens is 3. The molecule has 0 aliphatic heterocycles. The highest BCUT2D eigenvalue weighted by Gasteiger charge is 2.51. The van der Waals surface area contributed by atoms with E-state index in [-0.39, 0.29) is 29.1 Å². The number of hydrogen-bond acceptors (Lipinski definition) is 0. The summed E-state index contributed by atoms with van der Waals surface area (Å²) in [5.74, 6) is 0.608. The molecule has 0 saturated heterocycles. The number of benzene rings is 3. The first-order valence-corrected chi connectivity index (χ1v) is 17.8. The summed E-state index contributed by atoms with van der Waals surface area (Å²) < 4.78 is 44.7. The Labute approximate surface area is 286 Å². The van der Waals surface area contributed by atoms with Gasteiger partial charge in [0, 0.05) is 0 Å². The molecule has 0 nitrogen and oxygen atoms in total. The summed E-state index contributed by atoms with van der Waals surface area (Å²) in [5.41, 5.74) is 4.76. The molecule has 0 aliphatic rings. The van der Waals surface area contributed by atoms with E-state index in [1.54, 1.807) is 0 Å². The zero-order valence-electron chi connectivity index (χ0n) is 31.6. The fourth-order valence-electron chi connectivity index (χ4n) is 7.40. The molecular formula is C44H63F3. The zero-order valence-corrected chi connectivity index (χ0v) is 31.6. The first-order chi connectivity index (χ1) is 21.5. The molecule has 3 aromatic rings. The lowest BCUT2D eigenvalue weighted by Gasteiger charge is -2.38. The molecule has 1 unspecified atom stereocenters. The summed E-state index contributed by atoms with van der Waals surface area (Å²) in [4.78, 5) is 0. The molecule has 260 valence electrons. The topological polar surface area (TPSA) is 0 Å². The third-order valence-corrected chi connectivity index (χ3v) is 10.6. The number of hydrogen-bond donors (Lipinski definition) is 0. The molecule has 0 aliphatic carbocycles. The Morgan fingerprint density at radius 3 is 1.36 bits per heavy atom. The fourth-order valence-corrected chi connectivity index (χ4v) is 7.40. The molecule has 47 heavy (non-hydrogen) atoms.